The fourth-order valence-electron chi connectivity index (χ4n) is 3.21. The normalized spacial score (nSPS) is 11.4. The molecule has 0 radical (unpaired) electrons. The first-order valence-electron chi connectivity index (χ1n) is 10.4. The van der Waals surface area contributed by atoms with Gasteiger partial charge >= 0.3 is 0 Å². The van der Waals surface area contributed by atoms with Crippen LogP contribution in [0.15, 0.2) is 65.9 Å². The summed E-state index contributed by atoms with van der Waals surface area (Å²) in [4.78, 5) is 4.36. The van der Waals surface area contributed by atoms with Crippen molar-refractivity contribution in [3.63, 3.8) is 0 Å². The molecule has 0 aliphatic heterocycles. The van der Waals surface area contributed by atoms with Crippen molar-refractivity contribution in [1.82, 2.24) is 20.4 Å². The zero-order valence-electron chi connectivity index (χ0n) is 18.5. The van der Waals surface area contributed by atoms with Crippen molar-refractivity contribution in [2.75, 3.05) is 27.4 Å². The second-order valence-electron chi connectivity index (χ2n) is 7.20. The van der Waals surface area contributed by atoms with Crippen LogP contribution in [0.25, 0.3) is 0 Å². The first-order chi connectivity index (χ1) is 15.2. The van der Waals surface area contributed by atoms with E-state index in [4.69, 9.17) is 9.47 Å². The molecule has 3 rings (SSSR count). The topological polar surface area (TPSA) is 72.7 Å². The van der Waals surface area contributed by atoms with Crippen molar-refractivity contribution < 1.29 is 9.47 Å². The van der Waals surface area contributed by atoms with Gasteiger partial charge in [0.05, 0.1) is 13.2 Å². The van der Waals surface area contributed by atoms with Crippen molar-refractivity contribution >= 4 is 5.96 Å². The molecule has 3 aromatic rings. The summed E-state index contributed by atoms with van der Waals surface area (Å²) in [6.45, 7) is 5.15. The molecule has 7 nitrogen and oxygen atoms in total. The van der Waals surface area contributed by atoms with Crippen molar-refractivity contribution in [2.45, 2.75) is 26.6 Å². The highest BCUT2D eigenvalue weighted by Gasteiger charge is 2.08. The lowest BCUT2D eigenvalue weighted by Crippen LogP contribution is -2.36. The second kappa shape index (κ2) is 11.8. The Bertz CT molecular complexity index is 970. The molecule has 2 aromatic carbocycles. The predicted molar refractivity (Wildman–Crippen MR) is 123 cm³/mol. The van der Waals surface area contributed by atoms with Gasteiger partial charge in [-0.2, -0.15) is 5.10 Å². The molecule has 0 bridgehead atoms. The molecule has 1 aromatic heterocycles. The quantitative estimate of drug-likeness (QED) is 0.299. The Hall–Kier alpha value is -3.32. The summed E-state index contributed by atoms with van der Waals surface area (Å²) < 4.78 is 12.9. The fourth-order valence-corrected chi connectivity index (χ4v) is 3.21. The number of guanidine groups is 1. The lowest BCUT2D eigenvalue weighted by atomic mass is 10.1. The molecule has 0 aliphatic rings. The minimum absolute atomic E-state index is 0.521. The van der Waals surface area contributed by atoms with Gasteiger partial charge < -0.3 is 20.1 Å². The van der Waals surface area contributed by atoms with Crippen molar-refractivity contribution in [1.29, 1.82) is 0 Å². The highest BCUT2D eigenvalue weighted by Crippen LogP contribution is 2.20. The third-order valence-electron chi connectivity index (χ3n) is 4.89. The van der Waals surface area contributed by atoms with Crippen molar-refractivity contribution in [2.24, 2.45) is 4.99 Å². The van der Waals surface area contributed by atoms with E-state index < -0.39 is 0 Å². The molecule has 0 aliphatic carbocycles. The van der Waals surface area contributed by atoms with Crippen LogP contribution in [0, 0.1) is 6.92 Å². The standard InChI is InChI=1S/C24H31N5O2/c1-19-9-10-21(23(15-19)31-14-13-30-3)17-27-24(25-2)26-16-20-7-4-5-8-22(20)18-29-12-6-11-28-29/h4-12,15H,13-14,16-18H2,1-3H3,(H2,25,26,27). The van der Waals surface area contributed by atoms with Gasteiger partial charge in [0.1, 0.15) is 12.4 Å². The van der Waals surface area contributed by atoms with Crippen LogP contribution in [0.1, 0.15) is 22.3 Å². The van der Waals surface area contributed by atoms with E-state index in [1.54, 1.807) is 20.4 Å². The molecule has 0 spiro atoms. The summed E-state index contributed by atoms with van der Waals surface area (Å²) in [6.07, 6.45) is 3.77. The monoisotopic (exact) mass is 421 g/mol. The number of aliphatic imine (C=N–C) groups is 1. The molecule has 31 heavy (non-hydrogen) atoms. The average molecular weight is 422 g/mol. The highest BCUT2D eigenvalue weighted by atomic mass is 16.5. The summed E-state index contributed by atoms with van der Waals surface area (Å²) in [6, 6.07) is 16.5. The third-order valence-corrected chi connectivity index (χ3v) is 4.89. The van der Waals surface area contributed by atoms with E-state index >= 15 is 0 Å². The highest BCUT2D eigenvalue weighted by molar-refractivity contribution is 5.79. The largest absolute Gasteiger partial charge is 0.491 e. The van der Waals surface area contributed by atoms with Crippen LogP contribution in [0.4, 0.5) is 0 Å². The predicted octanol–water partition coefficient (Wildman–Crippen LogP) is 3.13. The van der Waals surface area contributed by atoms with Crippen LogP contribution >= 0.6 is 0 Å². The van der Waals surface area contributed by atoms with Crippen LogP contribution in [0.3, 0.4) is 0 Å². The van der Waals surface area contributed by atoms with E-state index in [2.05, 4.69) is 64.0 Å². The van der Waals surface area contributed by atoms with E-state index in [0.29, 0.717) is 26.3 Å². The van der Waals surface area contributed by atoms with Crippen LogP contribution < -0.4 is 15.4 Å². The molecular weight excluding hydrogens is 390 g/mol. The van der Waals surface area contributed by atoms with E-state index in [-0.39, 0.29) is 0 Å². The van der Waals surface area contributed by atoms with E-state index in [0.717, 1.165) is 29.4 Å². The summed E-state index contributed by atoms with van der Waals surface area (Å²) in [5, 5.41) is 11.1. The SMILES string of the molecule is CN=C(NCc1ccccc1Cn1cccn1)NCc1ccc(C)cc1OCCOC. The molecular formula is C24H31N5O2. The number of aryl methyl sites for hydroxylation is 1. The Morgan fingerprint density at radius 3 is 2.48 bits per heavy atom. The lowest BCUT2D eigenvalue weighted by Gasteiger charge is -2.16. The number of hydrogen-bond donors (Lipinski definition) is 2. The van der Waals surface area contributed by atoms with E-state index in [1.165, 1.54) is 11.1 Å². The number of ether oxygens (including phenoxy) is 2. The van der Waals surface area contributed by atoms with Gasteiger partial charge in [-0.05, 0) is 35.7 Å². The summed E-state index contributed by atoms with van der Waals surface area (Å²) in [5.74, 6) is 1.60. The molecule has 0 saturated heterocycles. The van der Waals surface area contributed by atoms with Gasteiger partial charge in [-0.25, -0.2) is 0 Å². The van der Waals surface area contributed by atoms with Gasteiger partial charge in [-0.3, -0.25) is 9.67 Å². The maximum Gasteiger partial charge on any atom is 0.191 e. The van der Waals surface area contributed by atoms with E-state index in [9.17, 15) is 0 Å². The summed E-state index contributed by atoms with van der Waals surface area (Å²) >= 11 is 0. The van der Waals surface area contributed by atoms with E-state index in [1.807, 2.05) is 23.0 Å². The molecule has 0 unspecified atom stereocenters. The Morgan fingerprint density at radius 2 is 1.77 bits per heavy atom. The Labute approximate surface area is 184 Å². The van der Waals surface area contributed by atoms with Crippen LogP contribution in [0.2, 0.25) is 0 Å². The lowest BCUT2D eigenvalue weighted by molar-refractivity contribution is 0.145. The minimum atomic E-state index is 0.521. The van der Waals surface area contributed by atoms with Gasteiger partial charge in [0.2, 0.25) is 0 Å². The number of methoxy groups -OCH3 is 1. The zero-order chi connectivity index (χ0) is 21.9. The smallest absolute Gasteiger partial charge is 0.191 e. The van der Waals surface area contributed by atoms with Crippen molar-refractivity contribution in [3.05, 3.63) is 83.2 Å². The Morgan fingerprint density at radius 1 is 1.00 bits per heavy atom. The van der Waals surface area contributed by atoms with Gasteiger partial charge in [0, 0.05) is 45.2 Å². The number of hydrogen-bond acceptors (Lipinski definition) is 4. The molecule has 0 saturated carbocycles. The zero-order valence-corrected chi connectivity index (χ0v) is 18.5. The van der Waals surface area contributed by atoms with Crippen LogP contribution in [-0.4, -0.2) is 43.1 Å². The maximum atomic E-state index is 5.89. The Kier molecular flexibility index (Phi) is 8.48. The molecule has 2 N–H and O–H groups in total. The molecule has 0 fully saturated rings. The molecule has 164 valence electrons. The maximum absolute atomic E-state index is 5.89. The van der Waals surface area contributed by atoms with Crippen molar-refractivity contribution in [3.8, 4) is 5.75 Å². The minimum Gasteiger partial charge on any atom is -0.491 e. The molecule has 0 atom stereocenters. The molecule has 1 heterocycles. The number of aromatic nitrogens is 2. The number of benzene rings is 2. The van der Waals surface area contributed by atoms with Gasteiger partial charge in [-0.1, -0.05) is 36.4 Å². The fraction of sp³-hybridized carbons (Fsp3) is 0.333. The molecule has 7 heteroatoms. The number of nitrogens with zero attached hydrogens (tertiary/aromatic N) is 3. The van der Waals surface area contributed by atoms with Gasteiger partial charge in [0.25, 0.3) is 0 Å². The Balaban J connectivity index is 1.59. The number of nitrogens with one attached hydrogen (secondary N) is 2. The molecule has 0 amide bonds. The number of rotatable bonds is 10. The van der Waals surface area contributed by atoms with Crippen LogP contribution in [0.5, 0.6) is 5.75 Å². The summed E-state index contributed by atoms with van der Waals surface area (Å²) in [5.41, 5.74) is 4.66. The first kappa shape index (κ1) is 22.4. The van der Waals surface area contributed by atoms with Gasteiger partial charge in [-0.15, -0.1) is 0 Å². The van der Waals surface area contributed by atoms with Crippen LogP contribution in [-0.2, 0) is 24.4 Å². The second-order valence-corrected chi connectivity index (χ2v) is 7.20. The van der Waals surface area contributed by atoms with Gasteiger partial charge in [0.15, 0.2) is 5.96 Å². The third kappa shape index (κ3) is 6.86. The summed E-state index contributed by atoms with van der Waals surface area (Å²) in [7, 11) is 3.45. The average Bonchev–Trinajstić information content (AvgIpc) is 3.29. The first-order valence-corrected chi connectivity index (χ1v) is 10.4.